The predicted octanol–water partition coefficient (Wildman–Crippen LogP) is 2.68. The minimum Gasteiger partial charge on any atom is -0.476 e. The Bertz CT molecular complexity index is 680. The summed E-state index contributed by atoms with van der Waals surface area (Å²) in [7, 11) is 0. The van der Waals surface area contributed by atoms with E-state index in [-0.39, 0.29) is 18.3 Å². The summed E-state index contributed by atoms with van der Waals surface area (Å²) in [5.41, 5.74) is 0.664. The first-order chi connectivity index (χ1) is 11.6. The van der Waals surface area contributed by atoms with Crippen LogP contribution in [-0.2, 0) is 6.61 Å². The Labute approximate surface area is 140 Å². The van der Waals surface area contributed by atoms with E-state index in [1.165, 1.54) is 6.07 Å². The summed E-state index contributed by atoms with van der Waals surface area (Å²) in [4.78, 5) is 21.5. The Hall–Kier alpha value is -2.64. The highest BCUT2D eigenvalue weighted by Crippen LogP contribution is 2.21. The number of anilines is 1. The molecule has 0 amide bonds. The van der Waals surface area contributed by atoms with E-state index >= 15 is 0 Å². The summed E-state index contributed by atoms with van der Waals surface area (Å²) in [5, 5.41) is 12.2. The lowest BCUT2D eigenvalue weighted by atomic mass is 10.4. The van der Waals surface area contributed by atoms with Gasteiger partial charge in [-0.2, -0.15) is 4.98 Å². The smallest absolute Gasteiger partial charge is 0.358 e. The average molecular weight is 334 g/mol. The van der Waals surface area contributed by atoms with Gasteiger partial charge in [0, 0.05) is 30.9 Å². The Morgan fingerprint density at radius 3 is 2.62 bits per heavy atom. The summed E-state index contributed by atoms with van der Waals surface area (Å²) in [6.45, 7) is 7.88. The maximum absolute atomic E-state index is 10.7. The normalized spacial score (nSPS) is 13.4. The lowest BCUT2D eigenvalue weighted by Gasteiger charge is -2.17. The number of aromatic carboxylic acids is 1. The van der Waals surface area contributed by atoms with Crippen LogP contribution in [0.1, 0.15) is 48.6 Å². The van der Waals surface area contributed by atoms with Gasteiger partial charge < -0.3 is 19.3 Å². The number of hydrogen-bond donors (Lipinski definition) is 1. The fourth-order valence-electron chi connectivity index (χ4n) is 2.32. The fourth-order valence-corrected chi connectivity index (χ4v) is 2.32. The number of nitrogens with zero attached hydrogens (tertiary/aromatic N) is 4. The molecule has 2 aromatic heterocycles. The standard InChI is InChI=1S/C14H16N4O4.C2H6/c1-9-6-12(18-4-2-3-5-18)16-14(15-9)21-8-10-7-11(13(19)20)17-22-10;1-2/h6-7H,2-5,8H2,1H3,(H,19,20);1-2H3. The summed E-state index contributed by atoms with van der Waals surface area (Å²) in [6.07, 6.45) is 2.32. The Kier molecular flexibility index (Phi) is 6.11. The van der Waals surface area contributed by atoms with E-state index in [1.54, 1.807) is 0 Å². The minimum atomic E-state index is -1.14. The van der Waals surface area contributed by atoms with Crippen molar-refractivity contribution in [3.05, 3.63) is 29.3 Å². The van der Waals surface area contributed by atoms with Crippen molar-refractivity contribution in [3.63, 3.8) is 0 Å². The second-order valence-electron chi connectivity index (χ2n) is 5.12. The lowest BCUT2D eigenvalue weighted by molar-refractivity contribution is 0.0685. The number of carboxylic acids is 1. The van der Waals surface area contributed by atoms with Gasteiger partial charge in [-0.3, -0.25) is 0 Å². The van der Waals surface area contributed by atoms with Crippen LogP contribution in [0, 0.1) is 6.92 Å². The van der Waals surface area contributed by atoms with Crippen molar-refractivity contribution in [2.45, 2.75) is 40.2 Å². The monoisotopic (exact) mass is 334 g/mol. The molecule has 0 radical (unpaired) electrons. The van der Waals surface area contributed by atoms with Crippen molar-refractivity contribution < 1.29 is 19.2 Å². The molecule has 0 bridgehead atoms. The average Bonchev–Trinajstić information content (AvgIpc) is 3.26. The van der Waals surface area contributed by atoms with Crippen molar-refractivity contribution in [1.29, 1.82) is 0 Å². The zero-order chi connectivity index (χ0) is 17.5. The first-order valence-electron chi connectivity index (χ1n) is 8.04. The molecule has 2 aromatic rings. The van der Waals surface area contributed by atoms with Gasteiger partial charge in [-0.05, 0) is 19.8 Å². The first-order valence-corrected chi connectivity index (χ1v) is 8.04. The zero-order valence-corrected chi connectivity index (χ0v) is 14.2. The van der Waals surface area contributed by atoms with Gasteiger partial charge in [0.25, 0.3) is 0 Å². The third kappa shape index (κ3) is 4.43. The summed E-state index contributed by atoms with van der Waals surface area (Å²) >= 11 is 0. The highest BCUT2D eigenvalue weighted by atomic mass is 16.5. The molecule has 8 nitrogen and oxygen atoms in total. The summed E-state index contributed by atoms with van der Waals surface area (Å²) in [5.74, 6) is 0.0205. The molecule has 1 fully saturated rings. The number of carboxylic acid groups (broad SMARTS) is 1. The molecule has 1 aliphatic rings. The SMILES string of the molecule is CC.Cc1cc(N2CCCC2)nc(OCc2cc(C(=O)O)no2)n1. The molecule has 130 valence electrons. The van der Waals surface area contributed by atoms with Gasteiger partial charge in [-0.15, -0.1) is 0 Å². The van der Waals surface area contributed by atoms with Crippen molar-refractivity contribution in [1.82, 2.24) is 15.1 Å². The Morgan fingerprint density at radius 1 is 1.29 bits per heavy atom. The highest BCUT2D eigenvalue weighted by Gasteiger charge is 2.16. The van der Waals surface area contributed by atoms with E-state index < -0.39 is 5.97 Å². The molecule has 0 spiro atoms. The van der Waals surface area contributed by atoms with E-state index in [2.05, 4.69) is 20.0 Å². The van der Waals surface area contributed by atoms with Gasteiger partial charge in [-0.25, -0.2) is 9.78 Å². The molecule has 3 rings (SSSR count). The molecule has 1 aliphatic heterocycles. The number of ether oxygens (including phenoxy) is 1. The molecule has 0 unspecified atom stereocenters. The van der Waals surface area contributed by atoms with Crippen LogP contribution in [0.2, 0.25) is 0 Å². The first kappa shape index (κ1) is 17.7. The van der Waals surface area contributed by atoms with Crippen molar-refractivity contribution in [2.24, 2.45) is 0 Å². The lowest BCUT2D eigenvalue weighted by Crippen LogP contribution is -2.19. The molecule has 3 heterocycles. The summed E-state index contributed by atoms with van der Waals surface area (Å²) in [6, 6.07) is 3.49. The zero-order valence-electron chi connectivity index (χ0n) is 14.2. The molecule has 0 saturated carbocycles. The van der Waals surface area contributed by atoms with Gasteiger partial charge in [0.1, 0.15) is 5.82 Å². The van der Waals surface area contributed by atoms with Crippen molar-refractivity contribution in [2.75, 3.05) is 18.0 Å². The molecule has 0 atom stereocenters. The molecule has 24 heavy (non-hydrogen) atoms. The number of rotatable bonds is 5. The van der Waals surface area contributed by atoms with E-state index in [0.29, 0.717) is 5.76 Å². The highest BCUT2D eigenvalue weighted by molar-refractivity contribution is 5.85. The van der Waals surface area contributed by atoms with Crippen LogP contribution in [0.5, 0.6) is 6.01 Å². The molecule has 0 aliphatic carbocycles. The topological polar surface area (TPSA) is 102 Å². The third-order valence-corrected chi connectivity index (χ3v) is 3.37. The quantitative estimate of drug-likeness (QED) is 0.890. The van der Waals surface area contributed by atoms with Crippen LogP contribution in [0.25, 0.3) is 0 Å². The Morgan fingerprint density at radius 2 is 2.00 bits per heavy atom. The molecule has 0 aromatic carbocycles. The van der Waals surface area contributed by atoms with Crippen LogP contribution >= 0.6 is 0 Å². The number of aromatic nitrogens is 3. The maximum atomic E-state index is 10.7. The minimum absolute atomic E-state index is 0.0309. The van der Waals surface area contributed by atoms with Crippen molar-refractivity contribution >= 4 is 11.8 Å². The molecule has 8 heteroatoms. The summed E-state index contributed by atoms with van der Waals surface area (Å²) < 4.78 is 10.4. The van der Waals surface area contributed by atoms with Crippen LogP contribution in [-0.4, -0.2) is 39.3 Å². The molecule has 1 saturated heterocycles. The van der Waals surface area contributed by atoms with E-state index in [4.69, 9.17) is 14.4 Å². The molecular formula is C16H22N4O4. The van der Waals surface area contributed by atoms with Gasteiger partial charge in [0.05, 0.1) is 0 Å². The van der Waals surface area contributed by atoms with E-state index in [1.807, 2.05) is 26.8 Å². The van der Waals surface area contributed by atoms with Gasteiger partial charge in [-0.1, -0.05) is 19.0 Å². The predicted molar refractivity (Wildman–Crippen MR) is 87.4 cm³/mol. The Balaban J connectivity index is 0.00000100. The second kappa shape index (κ2) is 8.28. The fraction of sp³-hybridized carbons (Fsp3) is 0.500. The second-order valence-corrected chi connectivity index (χ2v) is 5.12. The van der Waals surface area contributed by atoms with Crippen LogP contribution in [0.4, 0.5) is 5.82 Å². The van der Waals surface area contributed by atoms with E-state index in [0.717, 1.165) is 37.4 Å². The van der Waals surface area contributed by atoms with Gasteiger partial charge in [0.2, 0.25) is 0 Å². The largest absolute Gasteiger partial charge is 0.476 e. The van der Waals surface area contributed by atoms with Crippen LogP contribution < -0.4 is 9.64 Å². The molecule has 1 N–H and O–H groups in total. The van der Waals surface area contributed by atoms with Crippen LogP contribution in [0.3, 0.4) is 0 Å². The van der Waals surface area contributed by atoms with Gasteiger partial charge >= 0.3 is 12.0 Å². The molecular weight excluding hydrogens is 312 g/mol. The number of aryl methyl sites for hydroxylation is 1. The number of hydrogen-bond acceptors (Lipinski definition) is 7. The number of carbonyl (C=O) groups is 1. The van der Waals surface area contributed by atoms with Gasteiger partial charge in [0.15, 0.2) is 18.1 Å². The van der Waals surface area contributed by atoms with Crippen LogP contribution in [0.15, 0.2) is 16.7 Å². The maximum Gasteiger partial charge on any atom is 0.358 e. The third-order valence-electron chi connectivity index (χ3n) is 3.37. The van der Waals surface area contributed by atoms with E-state index in [9.17, 15) is 4.79 Å². The van der Waals surface area contributed by atoms with Crippen molar-refractivity contribution in [3.8, 4) is 6.01 Å².